The van der Waals surface area contributed by atoms with Crippen LogP contribution in [0.2, 0.25) is 0 Å². The minimum absolute atomic E-state index is 0.480. The zero-order valence-electron chi connectivity index (χ0n) is 8.67. The Balaban J connectivity index is 2.84. The van der Waals surface area contributed by atoms with Crippen LogP contribution in [0, 0.1) is 6.92 Å². The van der Waals surface area contributed by atoms with Gasteiger partial charge < -0.3 is 5.32 Å². The summed E-state index contributed by atoms with van der Waals surface area (Å²) < 4.78 is 0. The molecule has 1 heterocycles. The molecule has 0 radical (unpaired) electrons. The predicted molar refractivity (Wildman–Crippen MR) is 55.7 cm³/mol. The second-order valence-electron chi connectivity index (χ2n) is 3.25. The summed E-state index contributed by atoms with van der Waals surface area (Å²) >= 11 is 0. The molecule has 72 valence electrons. The van der Waals surface area contributed by atoms with Crippen LogP contribution in [0.3, 0.4) is 0 Å². The molecular formula is C11H18N2. The fourth-order valence-corrected chi connectivity index (χ4v) is 1.60. The zero-order valence-corrected chi connectivity index (χ0v) is 8.67. The fourth-order valence-electron chi connectivity index (χ4n) is 1.60. The molecule has 1 aromatic heterocycles. The van der Waals surface area contributed by atoms with E-state index in [4.69, 9.17) is 0 Å². The first-order chi connectivity index (χ1) is 6.29. The maximum atomic E-state index is 4.09. The minimum atomic E-state index is 0.480. The number of nitrogens with one attached hydrogen (secondary N) is 1. The number of hydrogen-bond donors (Lipinski definition) is 1. The Bertz CT molecular complexity index is 258. The lowest BCUT2D eigenvalue weighted by molar-refractivity contribution is 0.534. The largest absolute Gasteiger partial charge is 0.310 e. The van der Waals surface area contributed by atoms with Crippen molar-refractivity contribution in [3.63, 3.8) is 0 Å². The summed E-state index contributed by atoms with van der Waals surface area (Å²) in [5, 5.41) is 3.46. The summed E-state index contributed by atoms with van der Waals surface area (Å²) in [6.45, 7) is 7.47. The Morgan fingerprint density at radius 1 is 1.46 bits per heavy atom. The first-order valence-corrected chi connectivity index (χ1v) is 4.93. The van der Waals surface area contributed by atoms with E-state index in [-0.39, 0.29) is 0 Å². The standard InChI is InChI=1S/C11H18N2/c1-4-11(13-5-2)10-6-7-12-8-9(10)3/h6-8,11,13H,4-5H2,1-3H3. The average Bonchev–Trinajstić information content (AvgIpc) is 2.16. The molecule has 0 spiro atoms. The van der Waals surface area contributed by atoms with Crippen molar-refractivity contribution in [1.82, 2.24) is 10.3 Å². The molecule has 0 aliphatic carbocycles. The van der Waals surface area contributed by atoms with Gasteiger partial charge in [0.25, 0.3) is 0 Å². The van der Waals surface area contributed by atoms with Crippen LogP contribution in [0.15, 0.2) is 18.5 Å². The highest BCUT2D eigenvalue weighted by Crippen LogP contribution is 2.18. The van der Waals surface area contributed by atoms with E-state index < -0.39 is 0 Å². The molecule has 0 fully saturated rings. The predicted octanol–water partition coefficient (Wildman–Crippen LogP) is 2.45. The summed E-state index contributed by atoms with van der Waals surface area (Å²) in [5.41, 5.74) is 2.65. The van der Waals surface area contributed by atoms with Crippen LogP contribution in [-0.2, 0) is 0 Å². The second-order valence-corrected chi connectivity index (χ2v) is 3.25. The van der Waals surface area contributed by atoms with Crippen LogP contribution in [0.5, 0.6) is 0 Å². The first-order valence-electron chi connectivity index (χ1n) is 4.93. The van der Waals surface area contributed by atoms with Gasteiger partial charge in [0.15, 0.2) is 0 Å². The molecule has 0 aliphatic heterocycles. The second kappa shape index (κ2) is 4.97. The van der Waals surface area contributed by atoms with E-state index in [9.17, 15) is 0 Å². The minimum Gasteiger partial charge on any atom is -0.310 e. The molecule has 0 aromatic carbocycles. The Morgan fingerprint density at radius 3 is 2.77 bits per heavy atom. The third kappa shape index (κ3) is 2.52. The van der Waals surface area contributed by atoms with Crippen LogP contribution in [0.25, 0.3) is 0 Å². The highest BCUT2D eigenvalue weighted by atomic mass is 14.9. The molecule has 1 N–H and O–H groups in total. The molecule has 0 bridgehead atoms. The van der Waals surface area contributed by atoms with Crippen molar-refractivity contribution in [2.24, 2.45) is 0 Å². The normalized spacial score (nSPS) is 12.8. The Labute approximate surface area is 80.4 Å². The van der Waals surface area contributed by atoms with Crippen molar-refractivity contribution in [3.05, 3.63) is 29.6 Å². The summed E-state index contributed by atoms with van der Waals surface area (Å²) in [6.07, 6.45) is 4.91. The maximum absolute atomic E-state index is 4.09. The van der Waals surface area contributed by atoms with E-state index >= 15 is 0 Å². The molecule has 0 amide bonds. The number of nitrogens with zero attached hydrogens (tertiary/aromatic N) is 1. The maximum Gasteiger partial charge on any atom is 0.0321 e. The third-order valence-electron chi connectivity index (χ3n) is 2.30. The van der Waals surface area contributed by atoms with Gasteiger partial charge >= 0.3 is 0 Å². The van der Waals surface area contributed by atoms with Gasteiger partial charge in [0.1, 0.15) is 0 Å². The average molecular weight is 178 g/mol. The molecule has 0 saturated heterocycles. The Morgan fingerprint density at radius 2 is 2.23 bits per heavy atom. The zero-order chi connectivity index (χ0) is 9.68. The van der Waals surface area contributed by atoms with E-state index in [0.717, 1.165) is 13.0 Å². The molecule has 0 aliphatic rings. The van der Waals surface area contributed by atoms with Crippen molar-refractivity contribution in [2.45, 2.75) is 33.2 Å². The van der Waals surface area contributed by atoms with Crippen LogP contribution >= 0.6 is 0 Å². The topological polar surface area (TPSA) is 24.9 Å². The highest BCUT2D eigenvalue weighted by Gasteiger charge is 2.09. The first kappa shape index (κ1) is 10.2. The summed E-state index contributed by atoms with van der Waals surface area (Å²) in [4.78, 5) is 4.09. The van der Waals surface area contributed by atoms with Crippen molar-refractivity contribution in [1.29, 1.82) is 0 Å². The molecule has 13 heavy (non-hydrogen) atoms. The molecule has 1 aromatic rings. The van der Waals surface area contributed by atoms with Crippen molar-refractivity contribution in [3.8, 4) is 0 Å². The van der Waals surface area contributed by atoms with Crippen LogP contribution < -0.4 is 5.32 Å². The number of rotatable bonds is 4. The molecular weight excluding hydrogens is 160 g/mol. The van der Waals surface area contributed by atoms with Gasteiger partial charge in [-0.3, -0.25) is 4.98 Å². The summed E-state index contributed by atoms with van der Waals surface area (Å²) in [6, 6.07) is 2.58. The van der Waals surface area contributed by atoms with Crippen molar-refractivity contribution >= 4 is 0 Å². The van der Waals surface area contributed by atoms with E-state index in [2.05, 4.69) is 37.1 Å². The van der Waals surface area contributed by atoms with E-state index in [1.54, 1.807) is 0 Å². The third-order valence-corrected chi connectivity index (χ3v) is 2.30. The molecule has 1 atom stereocenters. The molecule has 1 unspecified atom stereocenters. The van der Waals surface area contributed by atoms with Crippen LogP contribution in [0.4, 0.5) is 0 Å². The lowest BCUT2D eigenvalue weighted by Crippen LogP contribution is -2.20. The van der Waals surface area contributed by atoms with Crippen LogP contribution in [-0.4, -0.2) is 11.5 Å². The summed E-state index contributed by atoms with van der Waals surface area (Å²) in [5.74, 6) is 0. The van der Waals surface area contributed by atoms with Gasteiger partial charge in [0.05, 0.1) is 0 Å². The molecule has 1 rings (SSSR count). The lowest BCUT2D eigenvalue weighted by atomic mass is 10.0. The highest BCUT2D eigenvalue weighted by molar-refractivity contribution is 5.25. The molecule has 0 saturated carbocycles. The molecule has 2 heteroatoms. The van der Waals surface area contributed by atoms with Crippen molar-refractivity contribution < 1.29 is 0 Å². The van der Waals surface area contributed by atoms with Crippen molar-refractivity contribution in [2.75, 3.05) is 6.54 Å². The number of hydrogen-bond acceptors (Lipinski definition) is 2. The SMILES string of the molecule is CCNC(CC)c1ccncc1C. The van der Waals surface area contributed by atoms with E-state index in [1.165, 1.54) is 11.1 Å². The summed E-state index contributed by atoms with van der Waals surface area (Å²) in [7, 11) is 0. The van der Waals surface area contributed by atoms with Gasteiger partial charge in [-0.2, -0.15) is 0 Å². The van der Waals surface area contributed by atoms with Gasteiger partial charge in [-0.15, -0.1) is 0 Å². The number of aromatic nitrogens is 1. The lowest BCUT2D eigenvalue weighted by Gasteiger charge is -2.17. The van der Waals surface area contributed by atoms with E-state index in [0.29, 0.717) is 6.04 Å². The number of aryl methyl sites for hydroxylation is 1. The van der Waals surface area contributed by atoms with Gasteiger partial charge in [0, 0.05) is 18.4 Å². The monoisotopic (exact) mass is 178 g/mol. The van der Waals surface area contributed by atoms with Gasteiger partial charge in [0.2, 0.25) is 0 Å². The Kier molecular flexibility index (Phi) is 3.90. The Hall–Kier alpha value is -0.890. The smallest absolute Gasteiger partial charge is 0.0321 e. The van der Waals surface area contributed by atoms with E-state index in [1.807, 2.05) is 12.4 Å². The van der Waals surface area contributed by atoms with Gasteiger partial charge in [-0.05, 0) is 37.1 Å². The van der Waals surface area contributed by atoms with Gasteiger partial charge in [-0.25, -0.2) is 0 Å². The van der Waals surface area contributed by atoms with Crippen LogP contribution in [0.1, 0.15) is 37.4 Å². The van der Waals surface area contributed by atoms with Gasteiger partial charge in [-0.1, -0.05) is 13.8 Å². The molecule has 2 nitrogen and oxygen atoms in total. The number of pyridine rings is 1. The quantitative estimate of drug-likeness (QED) is 0.766. The fraction of sp³-hybridized carbons (Fsp3) is 0.545.